The zero-order valence-corrected chi connectivity index (χ0v) is 11.0. The molecular formula is C15H15NO4. The van der Waals surface area contributed by atoms with Gasteiger partial charge in [-0.05, 0) is 18.6 Å². The molecule has 0 aliphatic rings. The summed E-state index contributed by atoms with van der Waals surface area (Å²) in [6, 6.07) is 13.1. The molecule has 0 amide bonds. The molecule has 0 aliphatic carbocycles. The van der Waals surface area contributed by atoms with Crippen LogP contribution >= 0.6 is 0 Å². The van der Waals surface area contributed by atoms with Gasteiger partial charge in [-0.3, -0.25) is 10.1 Å². The van der Waals surface area contributed by atoms with E-state index in [9.17, 15) is 15.2 Å². The zero-order chi connectivity index (χ0) is 14.5. The lowest BCUT2D eigenvalue weighted by atomic mass is 10.1. The number of hydrogen-bond donors (Lipinski definition) is 1. The van der Waals surface area contributed by atoms with Gasteiger partial charge in [0.2, 0.25) is 0 Å². The zero-order valence-electron chi connectivity index (χ0n) is 11.0. The van der Waals surface area contributed by atoms with E-state index in [1.165, 1.54) is 12.1 Å². The Bertz CT molecular complexity index is 612. The van der Waals surface area contributed by atoms with Crippen molar-refractivity contribution >= 4 is 5.69 Å². The Kier molecular flexibility index (Phi) is 4.32. The van der Waals surface area contributed by atoms with Crippen LogP contribution in [0, 0.1) is 10.1 Å². The number of nitrogens with zero attached hydrogens (tertiary/aromatic N) is 1. The molecule has 5 heteroatoms. The van der Waals surface area contributed by atoms with E-state index >= 15 is 0 Å². The van der Waals surface area contributed by atoms with E-state index in [-0.39, 0.29) is 5.69 Å². The number of para-hydroxylation sites is 1. The van der Waals surface area contributed by atoms with Crippen LogP contribution in [0.1, 0.15) is 25.0 Å². The number of benzene rings is 2. The van der Waals surface area contributed by atoms with Gasteiger partial charge < -0.3 is 9.84 Å². The average Bonchev–Trinajstić information content (AvgIpc) is 2.47. The van der Waals surface area contributed by atoms with Crippen molar-refractivity contribution in [1.29, 1.82) is 0 Å². The van der Waals surface area contributed by atoms with Crippen molar-refractivity contribution in [2.75, 3.05) is 0 Å². The highest BCUT2D eigenvalue weighted by Gasteiger charge is 2.13. The van der Waals surface area contributed by atoms with Crippen molar-refractivity contribution in [3.05, 3.63) is 64.2 Å². The normalized spacial score (nSPS) is 11.9. The monoisotopic (exact) mass is 273 g/mol. The molecule has 0 spiro atoms. The summed E-state index contributed by atoms with van der Waals surface area (Å²) in [5.74, 6) is 0.873. The van der Waals surface area contributed by atoms with Crippen LogP contribution in [-0.4, -0.2) is 10.0 Å². The average molecular weight is 273 g/mol. The molecule has 104 valence electrons. The van der Waals surface area contributed by atoms with Crippen LogP contribution in [0.25, 0.3) is 0 Å². The lowest BCUT2D eigenvalue weighted by Crippen LogP contribution is -1.98. The molecule has 0 bridgehead atoms. The first-order chi connectivity index (χ1) is 9.61. The molecule has 0 aromatic heterocycles. The van der Waals surface area contributed by atoms with E-state index in [1.54, 1.807) is 30.3 Å². The molecular weight excluding hydrogens is 258 g/mol. The van der Waals surface area contributed by atoms with Crippen molar-refractivity contribution < 1.29 is 14.8 Å². The Morgan fingerprint density at radius 1 is 1.25 bits per heavy atom. The van der Waals surface area contributed by atoms with Gasteiger partial charge in [0.15, 0.2) is 0 Å². The molecule has 1 N–H and O–H groups in total. The second-order valence-electron chi connectivity index (χ2n) is 4.32. The topological polar surface area (TPSA) is 72.6 Å². The molecule has 0 saturated heterocycles. The molecule has 0 saturated carbocycles. The van der Waals surface area contributed by atoms with Crippen LogP contribution in [0.3, 0.4) is 0 Å². The summed E-state index contributed by atoms with van der Waals surface area (Å²) in [5, 5.41) is 20.7. The van der Waals surface area contributed by atoms with Crippen molar-refractivity contribution in [3.63, 3.8) is 0 Å². The van der Waals surface area contributed by atoms with Crippen molar-refractivity contribution in [2.45, 2.75) is 19.4 Å². The molecule has 2 rings (SSSR count). The first-order valence-corrected chi connectivity index (χ1v) is 6.31. The Morgan fingerprint density at radius 3 is 2.70 bits per heavy atom. The van der Waals surface area contributed by atoms with Gasteiger partial charge >= 0.3 is 0 Å². The van der Waals surface area contributed by atoms with Crippen molar-refractivity contribution in [1.82, 2.24) is 0 Å². The number of rotatable bonds is 5. The number of nitro groups is 1. The summed E-state index contributed by atoms with van der Waals surface area (Å²) >= 11 is 0. The minimum atomic E-state index is -0.620. The van der Waals surface area contributed by atoms with E-state index in [0.717, 1.165) is 0 Å². The third-order valence-electron chi connectivity index (χ3n) is 2.92. The molecule has 0 unspecified atom stereocenters. The number of hydrogen-bond acceptors (Lipinski definition) is 4. The Morgan fingerprint density at radius 2 is 2.00 bits per heavy atom. The summed E-state index contributed by atoms with van der Waals surface area (Å²) < 4.78 is 5.66. The van der Waals surface area contributed by atoms with Crippen LogP contribution in [0.4, 0.5) is 5.69 Å². The molecule has 20 heavy (non-hydrogen) atoms. The lowest BCUT2D eigenvalue weighted by Gasteiger charge is -2.14. The number of non-ortho nitro benzene ring substituents is 1. The number of nitro benzene ring substituents is 1. The highest BCUT2D eigenvalue weighted by molar-refractivity contribution is 5.43. The molecule has 0 heterocycles. The maximum Gasteiger partial charge on any atom is 0.273 e. The van der Waals surface area contributed by atoms with Gasteiger partial charge in [-0.1, -0.05) is 31.2 Å². The minimum Gasteiger partial charge on any atom is -0.457 e. The van der Waals surface area contributed by atoms with E-state index < -0.39 is 11.0 Å². The second kappa shape index (κ2) is 6.16. The van der Waals surface area contributed by atoms with Gasteiger partial charge in [-0.25, -0.2) is 0 Å². The van der Waals surface area contributed by atoms with E-state index in [1.807, 2.05) is 13.0 Å². The molecule has 5 nitrogen and oxygen atoms in total. The van der Waals surface area contributed by atoms with Crippen molar-refractivity contribution in [2.24, 2.45) is 0 Å². The first-order valence-electron chi connectivity index (χ1n) is 6.31. The van der Waals surface area contributed by atoms with E-state index in [0.29, 0.717) is 23.5 Å². The van der Waals surface area contributed by atoms with Crippen LogP contribution in [0.5, 0.6) is 11.5 Å². The third kappa shape index (κ3) is 3.13. The lowest BCUT2D eigenvalue weighted by molar-refractivity contribution is -0.384. The summed E-state index contributed by atoms with van der Waals surface area (Å²) in [4.78, 5) is 10.3. The Labute approximate surface area is 116 Å². The highest BCUT2D eigenvalue weighted by Crippen LogP contribution is 2.32. The predicted octanol–water partition coefficient (Wildman–Crippen LogP) is 3.83. The second-order valence-corrected chi connectivity index (χ2v) is 4.32. The molecule has 1 atom stereocenters. The third-order valence-corrected chi connectivity index (χ3v) is 2.92. The van der Waals surface area contributed by atoms with Crippen LogP contribution in [0.2, 0.25) is 0 Å². The number of aliphatic hydroxyl groups excluding tert-OH is 1. The summed E-state index contributed by atoms with van der Waals surface area (Å²) in [6.45, 7) is 1.87. The van der Waals surface area contributed by atoms with Gasteiger partial charge in [0, 0.05) is 11.6 Å². The van der Waals surface area contributed by atoms with Gasteiger partial charge in [0.05, 0.1) is 17.1 Å². The smallest absolute Gasteiger partial charge is 0.273 e. The maximum atomic E-state index is 10.7. The maximum absolute atomic E-state index is 10.7. The molecule has 2 aromatic rings. The fraction of sp³-hybridized carbons (Fsp3) is 0.200. The van der Waals surface area contributed by atoms with Crippen LogP contribution < -0.4 is 4.74 Å². The van der Waals surface area contributed by atoms with Gasteiger partial charge in [0.25, 0.3) is 5.69 Å². The number of aliphatic hydroxyl groups is 1. The largest absolute Gasteiger partial charge is 0.457 e. The minimum absolute atomic E-state index is 0.0315. The van der Waals surface area contributed by atoms with Crippen LogP contribution in [0.15, 0.2) is 48.5 Å². The Balaban J connectivity index is 2.30. The molecule has 2 aromatic carbocycles. The van der Waals surface area contributed by atoms with E-state index in [2.05, 4.69) is 0 Å². The fourth-order valence-electron chi connectivity index (χ4n) is 1.86. The summed E-state index contributed by atoms with van der Waals surface area (Å²) in [7, 11) is 0. The highest BCUT2D eigenvalue weighted by atomic mass is 16.6. The Hall–Kier alpha value is -2.40. The number of ether oxygens (including phenoxy) is 1. The quantitative estimate of drug-likeness (QED) is 0.663. The summed E-state index contributed by atoms with van der Waals surface area (Å²) in [6.07, 6.45) is -0.0557. The first kappa shape index (κ1) is 14.0. The molecule has 0 radical (unpaired) electrons. The van der Waals surface area contributed by atoms with E-state index in [4.69, 9.17) is 4.74 Å². The van der Waals surface area contributed by atoms with Crippen LogP contribution in [-0.2, 0) is 0 Å². The van der Waals surface area contributed by atoms with Gasteiger partial charge in [-0.15, -0.1) is 0 Å². The molecule has 0 fully saturated rings. The fourth-order valence-corrected chi connectivity index (χ4v) is 1.86. The molecule has 0 aliphatic heterocycles. The SMILES string of the molecule is CC[C@@H](O)c1ccccc1Oc1cccc([N+](=O)[O-])c1. The van der Waals surface area contributed by atoms with Gasteiger partial charge in [-0.2, -0.15) is 0 Å². The summed E-state index contributed by atoms with van der Waals surface area (Å²) in [5.41, 5.74) is 0.637. The van der Waals surface area contributed by atoms with Gasteiger partial charge in [0.1, 0.15) is 11.5 Å². The van der Waals surface area contributed by atoms with Crippen molar-refractivity contribution in [3.8, 4) is 11.5 Å². The standard InChI is InChI=1S/C15H15NO4/c1-2-14(17)13-8-3-4-9-15(13)20-12-7-5-6-11(10-12)16(18)19/h3-10,14,17H,2H2,1H3/t14-/m1/s1. The predicted molar refractivity (Wildman–Crippen MR) is 74.9 cm³/mol.